The zero-order valence-electron chi connectivity index (χ0n) is 13.0. The molecule has 0 saturated heterocycles. The fourth-order valence-electron chi connectivity index (χ4n) is 1.77. The van der Waals surface area contributed by atoms with Gasteiger partial charge in [-0.1, -0.05) is 0 Å². The van der Waals surface area contributed by atoms with Crippen molar-refractivity contribution in [1.82, 2.24) is 14.3 Å². The Morgan fingerprint density at radius 1 is 0.955 bits per heavy atom. The van der Waals surface area contributed by atoms with E-state index in [0.717, 1.165) is 21.4 Å². The van der Waals surface area contributed by atoms with Crippen LogP contribution in [0.5, 0.6) is 0 Å². The van der Waals surface area contributed by atoms with E-state index >= 15 is 0 Å². The Morgan fingerprint density at radius 2 is 1.45 bits per heavy atom. The average molecular weight is 321 g/mol. The molecule has 2 aromatic rings. The van der Waals surface area contributed by atoms with Crippen LogP contribution in [0, 0.1) is 13.8 Å². The van der Waals surface area contributed by atoms with Gasteiger partial charge < -0.3 is 5.32 Å². The Hall–Kier alpha value is -2.19. The number of hydrogen-bond donors (Lipinski definition) is 2. The Morgan fingerprint density at radius 3 is 1.95 bits per heavy atom. The van der Waals surface area contributed by atoms with E-state index in [2.05, 4.69) is 20.0 Å². The summed E-state index contributed by atoms with van der Waals surface area (Å²) in [5.41, 5.74) is 3.02. The zero-order chi connectivity index (χ0) is 16.3. The van der Waals surface area contributed by atoms with Gasteiger partial charge in [0.2, 0.25) is 5.95 Å². The maximum Gasteiger partial charge on any atom is 0.301 e. The maximum atomic E-state index is 11.7. The fraction of sp³-hybridized carbons (Fsp3) is 0.286. The minimum Gasteiger partial charge on any atom is -0.324 e. The lowest BCUT2D eigenvalue weighted by Crippen LogP contribution is -2.28. The van der Waals surface area contributed by atoms with Gasteiger partial charge in [-0.2, -0.15) is 12.7 Å². The van der Waals surface area contributed by atoms with Gasteiger partial charge in [-0.3, -0.25) is 4.72 Å². The number of anilines is 3. The van der Waals surface area contributed by atoms with E-state index in [1.54, 1.807) is 24.3 Å². The summed E-state index contributed by atoms with van der Waals surface area (Å²) < 4.78 is 27.0. The van der Waals surface area contributed by atoms with E-state index < -0.39 is 10.2 Å². The third-order valence-corrected chi connectivity index (χ3v) is 4.31. The summed E-state index contributed by atoms with van der Waals surface area (Å²) in [5, 5.41) is 3.09. The lowest BCUT2D eigenvalue weighted by atomic mass is 10.3. The molecule has 2 rings (SSSR count). The van der Waals surface area contributed by atoms with Gasteiger partial charge in [0.15, 0.2) is 0 Å². The van der Waals surface area contributed by atoms with Crippen molar-refractivity contribution < 1.29 is 8.42 Å². The van der Waals surface area contributed by atoms with E-state index in [-0.39, 0.29) is 0 Å². The topological polar surface area (TPSA) is 87.2 Å². The monoisotopic (exact) mass is 321 g/mol. The third kappa shape index (κ3) is 4.15. The Labute approximate surface area is 130 Å². The van der Waals surface area contributed by atoms with Crippen LogP contribution in [-0.2, 0) is 10.2 Å². The molecule has 0 fully saturated rings. The Kier molecular flexibility index (Phi) is 4.62. The van der Waals surface area contributed by atoms with Crippen molar-refractivity contribution in [3.05, 3.63) is 41.7 Å². The quantitative estimate of drug-likeness (QED) is 0.880. The second-order valence-electron chi connectivity index (χ2n) is 5.07. The summed E-state index contributed by atoms with van der Waals surface area (Å²) in [4.78, 5) is 8.59. The molecule has 118 valence electrons. The summed E-state index contributed by atoms with van der Waals surface area (Å²) in [7, 11) is -0.560. The van der Waals surface area contributed by atoms with Crippen LogP contribution in [0.3, 0.4) is 0 Å². The highest BCUT2D eigenvalue weighted by molar-refractivity contribution is 7.90. The van der Waals surface area contributed by atoms with Crippen LogP contribution in [0.1, 0.15) is 11.4 Å². The predicted octanol–water partition coefficient (Wildman–Crippen LogP) is 2.06. The van der Waals surface area contributed by atoms with Gasteiger partial charge in [0.1, 0.15) is 0 Å². The second-order valence-corrected chi connectivity index (χ2v) is 6.95. The summed E-state index contributed by atoms with van der Waals surface area (Å²) >= 11 is 0. The van der Waals surface area contributed by atoms with Gasteiger partial charge in [-0.05, 0) is 44.2 Å². The van der Waals surface area contributed by atoms with E-state index in [1.807, 2.05) is 19.9 Å². The molecule has 0 aliphatic heterocycles. The Balaban J connectivity index is 2.12. The first-order chi connectivity index (χ1) is 10.3. The fourth-order valence-corrected chi connectivity index (χ4v) is 2.39. The first-order valence-electron chi connectivity index (χ1n) is 6.66. The lowest BCUT2D eigenvalue weighted by Gasteiger charge is -2.13. The molecule has 7 nitrogen and oxygen atoms in total. The SMILES string of the molecule is Cc1cc(C)nc(Nc2ccc(NS(=O)(=O)N(C)C)cc2)n1. The summed E-state index contributed by atoms with van der Waals surface area (Å²) in [6, 6.07) is 8.76. The number of rotatable bonds is 5. The molecule has 0 aliphatic carbocycles. The van der Waals surface area contributed by atoms with Crippen molar-refractivity contribution in [2.45, 2.75) is 13.8 Å². The highest BCUT2D eigenvalue weighted by Gasteiger charge is 2.12. The zero-order valence-corrected chi connectivity index (χ0v) is 13.8. The van der Waals surface area contributed by atoms with Crippen molar-refractivity contribution in [3.8, 4) is 0 Å². The summed E-state index contributed by atoms with van der Waals surface area (Å²) in [6.07, 6.45) is 0. The third-order valence-electron chi connectivity index (χ3n) is 2.85. The minimum absolute atomic E-state index is 0.487. The molecule has 0 unspecified atom stereocenters. The molecule has 0 amide bonds. The Bertz CT molecular complexity index is 737. The summed E-state index contributed by atoms with van der Waals surface area (Å²) in [5.74, 6) is 0.513. The molecule has 0 aliphatic rings. The number of nitrogens with one attached hydrogen (secondary N) is 2. The van der Waals surface area contributed by atoms with Crippen molar-refractivity contribution in [3.63, 3.8) is 0 Å². The standard InChI is InChI=1S/C14H19N5O2S/c1-10-9-11(2)16-14(15-10)17-12-5-7-13(8-6-12)18-22(20,21)19(3)4/h5-9,18H,1-4H3,(H,15,16,17). The van der Waals surface area contributed by atoms with Crippen LogP contribution in [0.25, 0.3) is 0 Å². The maximum absolute atomic E-state index is 11.7. The van der Waals surface area contributed by atoms with Crippen molar-refractivity contribution in [2.75, 3.05) is 24.1 Å². The molecular formula is C14H19N5O2S. The molecule has 1 aromatic carbocycles. The molecule has 8 heteroatoms. The smallest absolute Gasteiger partial charge is 0.301 e. The van der Waals surface area contributed by atoms with E-state index in [0.29, 0.717) is 11.6 Å². The molecule has 1 heterocycles. The number of hydrogen-bond acceptors (Lipinski definition) is 5. The highest BCUT2D eigenvalue weighted by atomic mass is 32.2. The minimum atomic E-state index is -3.50. The van der Waals surface area contributed by atoms with Crippen LogP contribution in [0.4, 0.5) is 17.3 Å². The lowest BCUT2D eigenvalue weighted by molar-refractivity contribution is 0.527. The first kappa shape index (κ1) is 16.2. The van der Waals surface area contributed by atoms with Gasteiger partial charge >= 0.3 is 10.2 Å². The number of nitrogens with zero attached hydrogens (tertiary/aromatic N) is 3. The van der Waals surface area contributed by atoms with Crippen LogP contribution in [-0.4, -0.2) is 36.8 Å². The molecule has 2 N–H and O–H groups in total. The van der Waals surface area contributed by atoms with Gasteiger partial charge in [-0.25, -0.2) is 9.97 Å². The largest absolute Gasteiger partial charge is 0.324 e. The van der Waals surface area contributed by atoms with Crippen LogP contribution < -0.4 is 10.0 Å². The van der Waals surface area contributed by atoms with E-state index in [9.17, 15) is 8.42 Å². The molecule has 0 bridgehead atoms. The number of aryl methyl sites for hydroxylation is 2. The van der Waals surface area contributed by atoms with Crippen LogP contribution >= 0.6 is 0 Å². The predicted molar refractivity (Wildman–Crippen MR) is 87.5 cm³/mol. The molecular weight excluding hydrogens is 302 g/mol. The van der Waals surface area contributed by atoms with Crippen molar-refractivity contribution in [1.29, 1.82) is 0 Å². The van der Waals surface area contributed by atoms with Gasteiger partial charge in [0.05, 0.1) is 0 Å². The van der Waals surface area contributed by atoms with Crippen LogP contribution in [0.15, 0.2) is 30.3 Å². The van der Waals surface area contributed by atoms with Gasteiger partial charge in [0, 0.05) is 36.9 Å². The number of aromatic nitrogens is 2. The molecule has 0 saturated carbocycles. The molecule has 0 spiro atoms. The molecule has 1 aromatic heterocycles. The van der Waals surface area contributed by atoms with E-state index in [1.165, 1.54) is 14.1 Å². The normalized spacial score (nSPS) is 11.5. The van der Waals surface area contributed by atoms with Crippen LogP contribution in [0.2, 0.25) is 0 Å². The van der Waals surface area contributed by atoms with Crippen molar-refractivity contribution >= 4 is 27.5 Å². The van der Waals surface area contributed by atoms with Gasteiger partial charge in [0.25, 0.3) is 0 Å². The molecule has 22 heavy (non-hydrogen) atoms. The van der Waals surface area contributed by atoms with E-state index in [4.69, 9.17) is 0 Å². The molecule has 0 radical (unpaired) electrons. The number of benzene rings is 1. The second kappa shape index (κ2) is 6.29. The van der Waals surface area contributed by atoms with Crippen molar-refractivity contribution in [2.24, 2.45) is 0 Å². The molecule has 0 atom stereocenters. The van der Waals surface area contributed by atoms with Gasteiger partial charge in [-0.15, -0.1) is 0 Å². The average Bonchev–Trinajstić information content (AvgIpc) is 2.39. The first-order valence-corrected chi connectivity index (χ1v) is 8.10. The highest BCUT2D eigenvalue weighted by Crippen LogP contribution is 2.18. The summed E-state index contributed by atoms with van der Waals surface area (Å²) in [6.45, 7) is 3.80.